The van der Waals surface area contributed by atoms with E-state index in [1.165, 1.54) is 0 Å². The fourth-order valence-corrected chi connectivity index (χ4v) is 2.61. The van der Waals surface area contributed by atoms with Gasteiger partial charge in [-0.05, 0) is 51.7 Å². The Hall–Kier alpha value is -1.90. The van der Waals surface area contributed by atoms with Crippen LogP contribution in [0.15, 0.2) is 24.3 Å². The van der Waals surface area contributed by atoms with Crippen molar-refractivity contribution in [3.63, 3.8) is 0 Å². The van der Waals surface area contributed by atoms with Crippen molar-refractivity contribution in [1.82, 2.24) is 4.98 Å². The van der Waals surface area contributed by atoms with Crippen molar-refractivity contribution < 1.29 is 9.31 Å². The van der Waals surface area contributed by atoms with Gasteiger partial charge in [-0.25, -0.2) is 4.98 Å². The van der Waals surface area contributed by atoms with Crippen LogP contribution in [-0.4, -0.2) is 23.3 Å². The van der Waals surface area contributed by atoms with E-state index in [-0.39, 0.29) is 11.2 Å². The summed E-state index contributed by atoms with van der Waals surface area (Å²) in [7, 11) is -0.428. The van der Waals surface area contributed by atoms with E-state index >= 15 is 0 Å². The molecule has 3 rings (SSSR count). The van der Waals surface area contributed by atoms with Gasteiger partial charge in [0.25, 0.3) is 0 Å². The lowest BCUT2D eigenvalue weighted by Crippen LogP contribution is -2.41. The minimum atomic E-state index is -0.428. The maximum Gasteiger partial charge on any atom is 0.495 e. The molecule has 1 aromatic heterocycles. The van der Waals surface area contributed by atoms with Crippen molar-refractivity contribution in [1.29, 1.82) is 5.26 Å². The van der Waals surface area contributed by atoms with Gasteiger partial charge in [0.2, 0.25) is 0 Å². The molecule has 1 aromatic carbocycles. The molecular weight excluding hydrogens is 275 g/mol. The van der Waals surface area contributed by atoms with Gasteiger partial charge in [0.15, 0.2) is 0 Å². The van der Waals surface area contributed by atoms with Crippen molar-refractivity contribution in [2.45, 2.75) is 45.8 Å². The second kappa shape index (κ2) is 4.80. The zero-order valence-corrected chi connectivity index (χ0v) is 13.6. The number of aryl methyl sites for hydroxylation is 1. The molecule has 1 aliphatic heterocycles. The van der Waals surface area contributed by atoms with Crippen molar-refractivity contribution in [2.24, 2.45) is 0 Å². The highest BCUT2D eigenvalue weighted by Gasteiger charge is 2.52. The maximum absolute atomic E-state index is 9.04. The standard InChI is InChI=1S/C17H19BN2O2/c1-11-6-9-14(13-8-7-12(10-19)20-15(11)13)18-21-16(2,3)17(4,5)22-18/h6-9H,1-5H3. The third kappa shape index (κ3) is 2.20. The van der Waals surface area contributed by atoms with E-state index in [0.29, 0.717) is 5.69 Å². The third-order valence-corrected chi connectivity index (χ3v) is 4.71. The van der Waals surface area contributed by atoms with Gasteiger partial charge in [0, 0.05) is 5.39 Å². The van der Waals surface area contributed by atoms with Crippen molar-refractivity contribution >= 4 is 23.5 Å². The Morgan fingerprint density at radius 2 is 1.68 bits per heavy atom. The molecule has 112 valence electrons. The summed E-state index contributed by atoms with van der Waals surface area (Å²) in [5.41, 5.74) is 2.47. The van der Waals surface area contributed by atoms with Crippen LogP contribution in [0.1, 0.15) is 39.0 Å². The highest BCUT2D eigenvalue weighted by atomic mass is 16.7. The fraction of sp³-hybridized carbons (Fsp3) is 0.412. The Bertz CT molecular complexity index is 777. The van der Waals surface area contributed by atoms with Gasteiger partial charge in [-0.3, -0.25) is 0 Å². The molecule has 4 nitrogen and oxygen atoms in total. The van der Waals surface area contributed by atoms with Gasteiger partial charge >= 0.3 is 7.12 Å². The summed E-state index contributed by atoms with van der Waals surface area (Å²) < 4.78 is 12.3. The Morgan fingerprint density at radius 3 is 2.27 bits per heavy atom. The van der Waals surface area contributed by atoms with Gasteiger partial charge < -0.3 is 9.31 Å². The molecule has 0 radical (unpaired) electrons. The summed E-state index contributed by atoms with van der Waals surface area (Å²) >= 11 is 0. The van der Waals surface area contributed by atoms with Crippen LogP contribution in [0, 0.1) is 18.3 Å². The molecule has 2 aromatic rings. The van der Waals surface area contributed by atoms with Crippen LogP contribution in [0.2, 0.25) is 0 Å². The number of hydrogen-bond donors (Lipinski definition) is 0. The summed E-state index contributed by atoms with van der Waals surface area (Å²) in [4.78, 5) is 4.43. The highest BCUT2D eigenvalue weighted by molar-refractivity contribution is 6.65. The summed E-state index contributed by atoms with van der Waals surface area (Å²) in [6.07, 6.45) is 0. The minimum Gasteiger partial charge on any atom is -0.399 e. The lowest BCUT2D eigenvalue weighted by molar-refractivity contribution is 0.00578. The van der Waals surface area contributed by atoms with Crippen LogP contribution in [0.5, 0.6) is 0 Å². The summed E-state index contributed by atoms with van der Waals surface area (Å²) in [6, 6.07) is 9.76. The van der Waals surface area contributed by atoms with Crippen LogP contribution in [0.25, 0.3) is 10.9 Å². The monoisotopic (exact) mass is 294 g/mol. The first-order valence-corrected chi connectivity index (χ1v) is 7.41. The van der Waals surface area contributed by atoms with E-state index in [2.05, 4.69) is 11.1 Å². The SMILES string of the molecule is Cc1ccc(B2OC(C)(C)C(C)(C)O2)c2ccc(C#N)nc12. The third-order valence-electron chi connectivity index (χ3n) is 4.71. The number of nitrogens with zero attached hydrogens (tertiary/aromatic N) is 2. The summed E-state index contributed by atoms with van der Waals surface area (Å²) in [5, 5.41) is 10.0. The predicted octanol–water partition coefficient (Wildman–Crippen LogP) is 2.71. The molecule has 0 N–H and O–H groups in total. The Morgan fingerprint density at radius 1 is 1.05 bits per heavy atom. The van der Waals surface area contributed by atoms with Crippen LogP contribution < -0.4 is 5.46 Å². The number of fused-ring (bicyclic) bond motifs is 1. The lowest BCUT2D eigenvalue weighted by Gasteiger charge is -2.32. The molecule has 0 atom stereocenters. The first kappa shape index (κ1) is 15.0. The molecule has 1 fully saturated rings. The number of rotatable bonds is 1. The fourth-order valence-electron chi connectivity index (χ4n) is 2.61. The Kier molecular flexibility index (Phi) is 3.28. The van der Waals surface area contributed by atoms with Crippen molar-refractivity contribution in [3.05, 3.63) is 35.5 Å². The topological polar surface area (TPSA) is 55.1 Å². The second-order valence-corrected chi connectivity index (χ2v) is 6.76. The Labute approximate surface area is 131 Å². The number of benzene rings is 1. The average Bonchev–Trinajstić information content (AvgIpc) is 2.67. The molecule has 0 saturated carbocycles. The molecule has 0 aliphatic carbocycles. The molecule has 5 heteroatoms. The minimum absolute atomic E-state index is 0.380. The van der Waals surface area contributed by atoms with Crippen LogP contribution in [0.3, 0.4) is 0 Å². The molecule has 2 heterocycles. The van der Waals surface area contributed by atoms with Crippen LogP contribution >= 0.6 is 0 Å². The zero-order valence-electron chi connectivity index (χ0n) is 13.6. The highest BCUT2D eigenvalue weighted by Crippen LogP contribution is 2.37. The molecule has 1 saturated heterocycles. The molecule has 1 aliphatic rings. The average molecular weight is 294 g/mol. The molecule has 0 spiro atoms. The van der Waals surface area contributed by atoms with E-state index in [0.717, 1.165) is 21.9 Å². The first-order valence-electron chi connectivity index (χ1n) is 7.41. The second-order valence-electron chi connectivity index (χ2n) is 6.76. The summed E-state index contributed by atoms with van der Waals surface area (Å²) in [6.45, 7) is 10.1. The largest absolute Gasteiger partial charge is 0.495 e. The smallest absolute Gasteiger partial charge is 0.399 e. The van der Waals surface area contributed by atoms with E-state index in [1.807, 2.05) is 52.8 Å². The van der Waals surface area contributed by atoms with Crippen molar-refractivity contribution in [3.8, 4) is 6.07 Å². The maximum atomic E-state index is 9.04. The van der Waals surface area contributed by atoms with E-state index in [9.17, 15) is 0 Å². The number of hydrogen-bond acceptors (Lipinski definition) is 4. The van der Waals surface area contributed by atoms with Gasteiger partial charge in [0.05, 0.1) is 16.7 Å². The quantitative estimate of drug-likeness (QED) is 0.759. The number of pyridine rings is 1. The molecular formula is C17H19BN2O2. The molecule has 22 heavy (non-hydrogen) atoms. The van der Waals surface area contributed by atoms with Gasteiger partial charge in [0.1, 0.15) is 11.8 Å². The summed E-state index contributed by atoms with van der Waals surface area (Å²) in [5.74, 6) is 0. The molecule has 0 bridgehead atoms. The van der Waals surface area contributed by atoms with E-state index < -0.39 is 7.12 Å². The zero-order chi connectivity index (χ0) is 16.1. The van der Waals surface area contributed by atoms with Crippen LogP contribution in [0.4, 0.5) is 0 Å². The Balaban J connectivity index is 2.14. The van der Waals surface area contributed by atoms with E-state index in [1.54, 1.807) is 6.07 Å². The molecule has 0 amide bonds. The predicted molar refractivity (Wildman–Crippen MR) is 86.9 cm³/mol. The number of nitriles is 1. The molecule has 0 unspecified atom stereocenters. The lowest BCUT2D eigenvalue weighted by atomic mass is 9.76. The first-order chi connectivity index (χ1) is 10.2. The number of aromatic nitrogens is 1. The van der Waals surface area contributed by atoms with Gasteiger partial charge in [-0.1, -0.05) is 18.2 Å². The van der Waals surface area contributed by atoms with E-state index in [4.69, 9.17) is 14.6 Å². The van der Waals surface area contributed by atoms with Crippen LogP contribution in [-0.2, 0) is 9.31 Å². The normalized spacial score (nSPS) is 19.4. The van der Waals surface area contributed by atoms with Gasteiger partial charge in [-0.15, -0.1) is 0 Å². The van der Waals surface area contributed by atoms with Gasteiger partial charge in [-0.2, -0.15) is 5.26 Å². The van der Waals surface area contributed by atoms with Crippen molar-refractivity contribution in [2.75, 3.05) is 0 Å².